The topological polar surface area (TPSA) is 12.9 Å². The molecule has 19 heavy (non-hydrogen) atoms. The molecule has 0 saturated carbocycles. The van der Waals surface area contributed by atoms with Crippen LogP contribution in [-0.4, -0.2) is 4.98 Å². The lowest BCUT2D eigenvalue weighted by Gasteiger charge is -2.07. The summed E-state index contributed by atoms with van der Waals surface area (Å²) in [5.41, 5.74) is 4.26. The molecule has 0 aliphatic carbocycles. The minimum absolute atomic E-state index is 0.756. The molecule has 0 atom stereocenters. The van der Waals surface area contributed by atoms with Crippen molar-refractivity contribution in [3.63, 3.8) is 0 Å². The number of nitrogens with zero attached hydrogens (tertiary/aromatic N) is 1. The minimum atomic E-state index is 0.756. The van der Waals surface area contributed by atoms with Crippen molar-refractivity contribution in [1.82, 2.24) is 4.98 Å². The number of halogens is 1. The second-order valence-corrected chi connectivity index (χ2v) is 4.97. The van der Waals surface area contributed by atoms with Crippen LogP contribution in [0.2, 0.25) is 5.02 Å². The Kier molecular flexibility index (Phi) is 3.22. The van der Waals surface area contributed by atoms with Gasteiger partial charge in [-0.25, -0.2) is 4.98 Å². The van der Waals surface area contributed by atoms with Gasteiger partial charge in [-0.1, -0.05) is 61.0 Å². The SMILES string of the molecule is CCc1ccc2c(Cl)cc(-c3ccccc3)nc2c1. The molecule has 1 aromatic heterocycles. The maximum absolute atomic E-state index is 6.37. The van der Waals surface area contributed by atoms with E-state index >= 15 is 0 Å². The average molecular weight is 268 g/mol. The largest absolute Gasteiger partial charge is 0.248 e. The van der Waals surface area contributed by atoms with Crippen LogP contribution in [0.1, 0.15) is 12.5 Å². The Morgan fingerprint density at radius 2 is 1.79 bits per heavy atom. The van der Waals surface area contributed by atoms with Gasteiger partial charge in [0.05, 0.1) is 16.2 Å². The Labute approximate surface area is 117 Å². The molecule has 0 aliphatic heterocycles. The van der Waals surface area contributed by atoms with Crippen LogP contribution in [0.3, 0.4) is 0 Å². The first-order valence-electron chi connectivity index (χ1n) is 6.42. The van der Waals surface area contributed by atoms with Crippen molar-refractivity contribution < 1.29 is 0 Å². The van der Waals surface area contributed by atoms with Gasteiger partial charge in [0.25, 0.3) is 0 Å². The molecule has 2 aromatic carbocycles. The number of rotatable bonds is 2. The lowest BCUT2D eigenvalue weighted by Crippen LogP contribution is -1.88. The average Bonchev–Trinajstić information content (AvgIpc) is 2.47. The first kappa shape index (κ1) is 12.2. The molecule has 0 fully saturated rings. The predicted molar refractivity (Wildman–Crippen MR) is 81.6 cm³/mol. The fraction of sp³-hybridized carbons (Fsp3) is 0.118. The number of hydrogen-bond acceptors (Lipinski definition) is 1. The molecular formula is C17H14ClN. The third-order valence-electron chi connectivity index (χ3n) is 3.30. The smallest absolute Gasteiger partial charge is 0.0727 e. The third kappa shape index (κ3) is 2.34. The first-order chi connectivity index (χ1) is 9.28. The summed E-state index contributed by atoms with van der Waals surface area (Å²) in [7, 11) is 0. The summed E-state index contributed by atoms with van der Waals surface area (Å²) in [4.78, 5) is 4.73. The lowest BCUT2D eigenvalue weighted by molar-refractivity contribution is 1.14. The molecule has 0 N–H and O–H groups in total. The minimum Gasteiger partial charge on any atom is -0.248 e. The normalized spacial score (nSPS) is 10.8. The highest BCUT2D eigenvalue weighted by Crippen LogP contribution is 2.28. The highest BCUT2D eigenvalue weighted by Gasteiger charge is 2.06. The molecule has 3 rings (SSSR count). The van der Waals surface area contributed by atoms with Gasteiger partial charge in [0.2, 0.25) is 0 Å². The molecule has 2 heteroatoms. The van der Waals surface area contributed by atoms with Crippen LogP contribution in [0.15, 0.2) is 54.6 Å². The van der Waals surface area contributed by atoms with Crippen LogP contribution in [0.5, 0.6) is 0 Å². The Hall–Kier alpha value is -1.86. The van der Waals surface area contributed by atoms with E-state index in [1.54, 1.807) is 0 Å². The van der Waals surface area contributed by atoms with E-state index in [2.05, 4.69) is 25.1 Å². The Bertz CT molecular complexity index is 720. The zero-order valence-electron chi connectivity index (χ0n) is 10.7. The van der Waals surface area contributed by atoms with Crippen LogP contribution in [0.4, 0.5) is 0 Å². The van der Waals surface area contributed by atoms with Gasteiger partial charge >= 0.3 is 0 Å². The summed E-state index contributed by atoms with van der Waals surface area (Å²) < 4.78 is 0. The monoisotopic (exact) mass is 267 g/mol. The van der Waals surface area contributed by atoms with Gasteiger partial charge in [0.1, 0.15) is 0 Å². The predicted octanol–water partition coefficient (Wildman–Crippen LogP) is 5.12. The molecule has 0 radical (unpaired) electrons. The summed E-state index contributed by atoms with van der Waals surface area (Å²) in [6.07, 6.45) is 1.00. The molecule has 0 saturated heterocycles. The molecule has 1 nitrogen and oxygen atoms in total. The molecule has 0 bridgehead atoms. The molecule has 3 aromatic rings. The van der Waals surface area contributed by atoms with Gasteiger partial charge in [-0.05, 0) is 24.1 Å². The fourth-order valence-corrected chi connectivity index (χ4v) is 2.47. The van der Waals surface area contributed by atoms with Gasteiger partial charge in [-0.15, -0.1) is 0 Å². The highest BCUT2D eigenvalue weighted by molar-refractivity contribution is 6.35. The number of benzene rings is 2. The van der Waals surface area contributed by atoms with E-state index in [1.165, 1.54) is 5.56 Å². The summed E-state index contributed by atoms with van der Waals surface area (Å²) >= 11 is 6.37. The Morgan fingerprint density at radius 3 is 2.53 bits per heavy atom. The van der Waals surface area contributed by atoms with Crippen LogP contribution in [0, 0.1) is 0 Å². The van der Waals surface area contributed by atoms with E-state index in [4.69, 9.17) is 16.6 Å². The lowest BCUT2D eigenvalue weighted by atomic mass is 10.1. The van der Waals surface area contributed by atoms with E-state index in [9.17, 15) is 0 Å². The van der Waals surface area contributed by atoms with Crippen molar-refractivity contribution in [2.45, 2.75) is 13.3 Å². The van der Waals surface area contributed by atoms with Crippen LogP contribution in [-0.2, 0) is 6.42 Å². The van der Waals surface area contributed by atoms with E-state index in [1.807, 2.05) is 36.4 Å². The molecule has 0 unspecified atom stereocenters. The van der Waals surface area contributed by atoms with Crippen molar-refractivity contribution in [2.24, 2.45) is 0 Å². The number of aryl methyl sites for hydroxylation is 1. The quantitative estimate of drug-likeness (QED) is 0.628. The third-order valence-corrected chi connectivity index (χ3v) is 3.61. The molecule has 0 amide bonds. The highest BCUT2D eigenvalue weighted by atomic mass is 35.5. The number of hydrogen-bond donors (Lipinski definition) is 0. The molecular weight excluding hydrogens is 254 g/mol. The summed E-state index contributed by atoms with van der Waals surface area (Å²) in [5.74, 6) is 0. The van der Waals surface area contributed by atoms with Crippen LogP contribution >= 0.6 is 11.6 Å². The second kappa shape index (κ2) is 5.02. The van der Waals surface area contributed by atoms with Crippen molar-refractivity contribution >= 4 is 22.5 Å². The molecule has 0 aliphatic rings. The summed E-state index contributed by atoms with van der Waals surface area (Å²) in [6.45, 7) is 2.14. The van der Waals surface area contributed by atoms with Crippen LogP contribution < -0.4 is 0 Å². The van der Waals surface area contributed by atoms with Gasteiger partial charge in [-0.2, -0.15) is 0 Å². The summed E-state index contributed by atoms with van der Waals surface area (Å²) in [6, 6.07) is 18.3. The summed E-state index contributed by atoms with van der Waals surface area (Å²) in [5, 5.41) is 1.77. The Balaban J connectivity index is 2.23. The zero-order valence-corrected chi connectivity index (χ0v) is 11.5. The van der Waals surface area contributed by atoms with Gasteiger partial charge in [0, 0.05) is 10.9 Å². The fourth-order valence-electron chi connectivity index (χ4n) is 2.21. The maximum atomic E-state index is 6.37. The van der Waals surface area contributed by atoms with Gasteiger partial charge < -0.3 is 0 Å². The van der Waals surface area contributed by atoms with E-state index in [-0.39, 0.29) is 0 Å². The molecule has 94 valence electrons. The zero-order chi connectivity index (χ0) is 13.2. The van der Waals surface area contributed by atoms with Crippen molar-refractivity contribution in [3.8, 4) is 11.3 Å². The number of fused-ring (bicyclic) bond motifs is 1. The van der Waals surface area contributed by atoms with Crippen LogP contribution in [0.25, 0.3) is 22.2 Å². The van der Waals surface area contributed by atoms with Crippen molar-refractivity contribution in [2.75, 3.05) is 0 Å². The van der Waals surface area contributed by atoms with Crippen molar-refractivity contribution in [1.29, 1.82) is 0 Å². The van der Waals surface area contributed by atoms with Crippen molar-refractivity contribution in [3.05, 3.63) is 65.2 Å². The number of pyridine rings is 1. The molecule has 1 heterocycles. The van der Waals surface area contributed by atoms with E-state index in [0.717, 1.165) is 33.6 Å². The van der Waals surface area contributed by atoms with Gasteiger partial charge in [-0.3, -0.25) is 0 Å². The maximum Gasteiger partial charge on any atom is 0.0727 e. The standard InChI is InChI=1S/C17H14ClN/c1-2-12-8-9-14-15(18)11-16(19-17(14)10-12)13-6-4-3-5-7-13/h3-11H,2H2,1H3. The second-order valence-electron chi connectivity index (χ2n) is 4.56. The number of aromatic nitrogens is 1. The molecule has 0 spiro atoms. The van der Waals surface area contributed by atoms with E-state index < -0.39 is 0 Å². The van der Waals surface area contributed by atoms with Gasteiger partial charge in [0.15, 0.2) is 0 Å². The van der Waals surface area contributed by atoms with E-state index in [0.29, 0.717) is 0 Å². The Morgan fingerprint density at radius 1 is 1.00 bits per heavy atom. The first-order valence-corrected chi connectivity index (χ1v) is 6.80.